The third kappa shape index (κ3) is 4.41. The molecule has 2 saturated heterocycles. The Morgan fingerprint density at radius 1 is 1.26 bits per heavy atom. The van der Waals surface area contributed by atoms with Crippen LogP contribution in [0.3, 0.4) is 0 Å². The SMILES string of the molecule is CN(C)C(=O)CN1CC2CC(C)(NCC(=O)N3CC(F)CC3C#N)CC2C1. The van der Waals surface area contributed by atoms with Gasteiger partial charge in [-0.1, -0.05) is 0 Å². The fourth-order valence-corrected chi connectivity index (χ4v) is 4.92. The quantitative estimate of drug-likeness (QED) is 0.740. The predicted octanol–water partition coefficient (Wildman–Crippen LogP) is 0.227. The van der Waals surface area contributed by atoms with Crippen LogP contribution < -0.4 is 5.32 Å². The number of rotatable bonds is 5. The van der Waals surface area contributed by atoms with Crippen molar-refractivity contribution in [2.45, 2.75) is 43.9 Å². The third-order valence-corrected chi connectivity index (χ3v) is 6.32. The van der Waals surface area contributed by atoms with Crippen molar-refractivity contribution in [3.8, 4) is 6.07 Å². The molecule has 1 aliphatic carbocycles. The Morgan fingerprint density at radius 2 is 1.89 bits per heavy atom. The topological polar surface area (TPSA) is 79.7 Å². The third-order valence-electron chi connectivity index (χ3n) is 6.32. The highest BCUT2D eigenvalue weighted by Gasteiger charge is 2.47. The van der Waals surface area contributed by atoms with Crippen molar-refractivity contribution in [2.24, 2.45) is 11.8 Å². The number of nitrogens with zero attached hydrogens (tertiary/aromatic N) is 4. The maximum absolute atomic E-state index is 13.5. The molecule has 0 aromatic rings. The molecule has 4 unspecified atom stereocenters. The molecular weight excluding hydrogens is 349 g/mol. The first-order valence-corrected chi connectivity index (χ1v) is 9.71. The van der Waals surface area contributed by atoms with E-state index in [2.05, 4.69) is 17.1 Å². The summed E-state index contributed by atoms with van der Waals surface area (Å²) in [6.45, 7) is 4.61. The number of carbonyl (C=O) groups is 2. The fraction of sp³-hybridized carbons (Fsp3) is 0.842. The first-order chi connectivity index (χ1) is 12.7. The van der Waals surface area contributed by atoms with Crippen LogP contribution in [0.25, 0.3) is 0 Å². The van der Waals surface area contributed by atoms with E-state index in [1.807, 2.05) is 6.07 Å². The number of fused-ring (bicyclic) bond motifs is 1. The molecule has 0 aromatic heterocycles. The highest BCUT2D eigenvalue weighted by Crippen LogP contribution is 2.43. The molecule has 2 heterocycles. The van der Waals surface area contributed by atoms with Crippen LogP contribution in [-0.2, 0) is 9.59 Å². The molecule has 3 rings (SSSR count). The molecule has 2 amide bonds. The van der Waals surface area contributed by atoms with Crippen LogP contribution in [0, 0.1) is 23.2 Å². The molecule has 8 heteroatoms. The summed E-state index contributed by atoms with van der Waals surface area (Å²) in [6, 6.07) is 1.38. The van der Waals surface area contributed by atoms with Gasteiger partial charge in [-0.2, -0.15) is 5.26 Å². The molecule has 0 bridgehead atoms. The first kappa shape index (κ1) is 20.0. The number of alkyl halides is 1. The largest absolute Gasteiger partial charge is 0.348 e. The zero-order chi connectivity index (χ0) is 19.8. The second-order valence-corrected chi connectivity index (χ2v) is 8.85. The van der Waals surface area contributed by atoms with E-state index < -0.39 is 12.2 Å². The zero-order valence-corrected chi connectivity index (χ0v) is 16.4. The van der Waals surface area contributed by atoms with Crippen molar-refractivity contribution in [3.05, 3.63) is 0 Å². The normalized spacial score (nSPS) is 35.9. The molecular formula is C19H30FN5O2. The highest BCUT2D eigenvalue weighted by molar-refractivity contribution is 5.79. The molecule has 0 radical (unpaired) electrons. The Bertz CT molecular complexity index is 620. The first-order valence-electron chi connectivity index (χ1n) is 9.71. The number of halogens is 1. The number of hydrogen-bond acceptors (Lipinski definition) is 5. The van der Waals surface area contributed by atoms with Gasteiger partial charge in [0, 0.05) is 39.1 Å². The molecule has 0 spiro atoms. The molecule has 7 nitrogen and oxygen atoms in total. The minimum absolute atomic E-state index is 0.0234. The van der Waals surface area contributed by atoms with E-state index in [0.29, 0.717) is 18.4 Å². The summed E-state index contributed by atoms with van der Waals surface area (Å²) in [5, 5.41) is 12.5. The molecule has 3 fully saturated rings. The summed E-state index contributed by atoms with van der Waals surface area (Å²) in [5.41, 5.74) is -0.125. The summed E-state index contributed by atoms with van der Waals surface area (Å²) in [5.74, 6) is 0.992. The molecule has 2 aliphatic heterocycles. The lowest BCUT2D eigenvalue weighted by Crippen LogP contribution is -2.48. The van der Waals surface area contributed by atoms with Gasteiger partial charge in [0.25, 0.3) is 0 Å². The number of likely N-dealkylation sites (N-methyl/N-ethyl adjacent to an activating group) is 1. The van der Waals surface area contributed by atoms with Gasteiger partial charge >= 0.3 is 0 Å². The Labute approximate surface area is 160 Å². The van der Waals surface area contributed by atoms with Gasteiger partial charge in [0.05, 0.1) is 25.7 Å². The minimum Gasteiger partial charge on any atom is -0.348 e. The zero-order valence-electron chi connectivity index (χ0n) is 16.4. The highest BCUT2D eigenvalue weighted by atomic mass is 19.1. The Morgan fingerprint density at radius 3 is 2.44 bits per heavy atom. The second kappa shape index (κ2) is 7.72. The number of carbonyl (C=O) groups excluding carboxylic acids is 2. The van der Waals surface area contributed by atoms with Crippen molar-refractivity contribution in [1.82, 2.24) is 20.0 Å². The summed E-state index contributed by atoms with van der Waals surface area (Å²) >= 11 is 0. The standard InChI is InChI=1S/C19H30FN5O2/c1-19(22-8-17(26)25-11-15(20)4-16(25)7-21)5-13-9-24(10-14(13)6-19)12-18(27)23(2)3/h13-16,22H,4-6,8-12H2,1-3H3. The van der Waals surface area contributed by atoms with Gasteiger partial charge in [0.1, 0.15) is 12.2 Å². The van der Waals surface area contributed by atoms with Crippen LogP contribution in [0.5, 0.6) is 0 Å². The van der Waals surface area contributed by atoms with Gasteiger partial charge < -0.3 is 15.1 Å². The number of amides is 2. The summed E-state index contributed by atoms with van der Waals surface area (Å²) in [4.78, 5) is 29.6. The monoisotopic (exact) mass is 379 g/mol. The number of hydrogen-bond donors (Lipinski definition) is 1. The molecule has 27 heavy (non-hydrogen) atoms. The lowest BCUT2D eigenvalue weighted by atomic mass is 9.98. The fourth-order valence-electron chi connectivity index (χ4n) is 4.92. The van der Waals surface area contributed by atoms with Crippen LogP contribution in [0.4, 0.5) is 4.39 Å². The molecule has 1 N–H and O–H groups in total. The van der Waals surface area contributed by atoms with Crippen LogP contribution in [0.2, 0.25) is 0 Å². The van der Waals surface area contributed by atoms with E-state index in [9.17, 15) is 14.0 Å². The Hall–Kier alpha value is -1.72. The molecule has 3 aliphatic rings. The van der Waals surface area contributed by atoms with E-state index in [1.54, 1.807) is 19.0 Å². The van der Waals surface area contributed by atoms with Crippen molar-refractivity contribution in [3.63, 3.8) is 0 Å². The summed E-state index contributed by atoms with van der Waals surface area (Å²) in [7, 11) is 3.55. The Kier molecular flexibility index (Phi) is 5.73. The molecule has 0 aromatic carbocycles. The van der Waals surface area contributed by atoms with Crippen LogP contribution in [-0.4, -0.2) is 91.1 Å². The van der Waals surface area contributed by atoms with Crippen molar-refractivity contribution in [1.29, 1.82) is 5.26 Å². The minimum atomic E-state index is -1.10. The van der Waals surface area contributed by atoms with Gasteiger partial charge in [0.15, 0.2) is 0 Å². The molecule has 1 saturated carbocycles. The van der Waals surface area contributed by atoms with Gasteiger partial charge in [-0.15, -0.1) is 0 Å². The maximum Gasteiger partial charge on any atom is 0.237 e. The van der Waals surface area contributed by atoms with E-state index in [0.717, 1.165) is 25.9 Å². The van der Waals surface area contributed by atoms with E-state index in [4.69, 9.17) is 5.26 Å². The van der Waals surface area contributed by atoms with E-state index in [-0.39, 0.29) is 36.9 Å². The number of nitrogens with one attached hydrogen (secondary N) is 1. The predicted molar refractivity (Wildman–Crippen MR) is 98.4 cm³/mol. The van der Waals surface area contributed by atoms with Crippen molar-refractivity contribution >= 4 is 11.8 Å². The van der Waals surface area contributed by atoms with Gasteiger partial charge in [-0.05, 0) is 31.6 Å². The van der Waals surface area contributed by atoms with Crippen molar-refractivity contribution < 1.29 is 14.0 Å². The number of likely N-dealkylation sites (tertiary alicyclic amines) is 2. The van der Waals surface area contributed by atoms with Gasteiger partial charge in [-0.25, -0.2) is 4.39 Å². The molecule has 4 atom stereocenters. The summed E-state index contributed by atoms with van der Waals surface area (Å²) in [6.07, 6.45) is 0.942. The second-order valence-electron chi connectivity index (χ2n) is 8.85. The van der Waals surface area contributed by atoms with E-state index >= 15 is 0 Å². The lowest BCUT2D eigenvalue weighted by Gasteiger charge is -2.30. The van der Waals surface area contributed by atoms with E-state index in [1.165, 1.54) is 4.90 Å². The van der Waals surface area contributed by atoms with Crippen LogP contribution in [0.15, 0.2) is 0 Å². The lowest BCUT2D eigenvalue weighted by molar-refractivity contribution is -0.131. The van der Waals surface area contributed by atoms with Gasteiger partial charge in [-0.3, -0.25) is 14.5 Å². The average molecular weight is 379 g/mol. The Balaban J connectivity index is 1.47. The molecule has 150 valence electrons. The number of nitriles is 1. The van der Waals surface area contributed by atoms with Crippen LogP contribution in [0.1, 0.15) is 26.2 Å². The van der Waals surface area contributed by atoms with Crippen molar-refractivity contribution in [2.75, 3.05) is 46.8 Å². The summed E-state index contributed by atoms with van der Waals surface area (Å²) < 4.78 is 13.5. The maximum atomic E-state index is 13.5. The average Bonchev–Trinajstić information content (AvgIpc) is 3.23. The smallest absolute Gasteiger partial charge is 0.237 e. The van der Waals surface area contributed by atoms with Gasteiger partial charge in [0.2, 0.25) is 11.8 Å². The van der Waals surface area contributed by atoms with Crippen LogP contribution >= 0.6 is 0 Å².